The molecule has 0 saturated carbocycles. The zero-order valence-corrected chi connectivity index (χ0v) is 13.2. The quantitative estimate of drug-likeness (QED) is 0.304. The number of thiazole rings is 1. The van der Waals surface area contributed by atoms with Crippen molar-refractivity contribution >= 4 is 39.3 Å². The van der Waals surface area contributed by atoms with E-state index < -0.39 is 10.9 Å². The number of carbonyl (C=O) groups excluding carboxylic acids is 1. The Morgan fingerprint density at radius 2 is 1.96 bits per heavy atom. The minimum Gasteiger partial charge on any atom is -0.455 e. The van der Waals surface area contributed by atoms with Gasteiger partial charge in [0, 0.05) is 18.2 Å². The Morgan fingerprint density at radius 3 is 2.67 bits per heavy atom. The van der Waals surface area contributed by atoms with E-state index in [2.05, 4.69) is 4.98 Å². The summed E-state index contributed by atoms with van der Waals surface area (Å²) in [5.74, 6) is -0.493. The Kier molecular flexibility index (Phi) is 4.62. The van der Waals surface area contributed by atoms with Gasteiger partial charge in [-0.1, -0.05) is 12.1 Å². The average Bonchev–Trinajstić information content (AvgIpc) is 3.01. The highest BCUT2D eigenvalue weighted by molar-refractivity contribution is 7.18. The average molecular weight is 340 g/mol. The number of rotatable bonds is 5. The predicted molar refractivity (Wildman–Crippen MR) is 91.5 cm³/mol. The van der Waals surface area contributed by atoms with Crippen LogP contribution in [0.25, 0.3) is 16.3 Å². The predicted octanol–water partition coefficient (Wildman–Crippen LogP) is 3.96. The highest BCUT2D eigenvalue weighted by Gasteiger charge is 2.06. The van der Waals surface area contributed by atoms with Gasteiger partial charge in [-0.25, -0.2) is 9.78 Å². The van der Waals surface area contributed by atoms with Crippen molar-refractivity contribution in [1.82, 2.24) is 4.98 Å². The second-order valence-electron chi connectivity index (χ2n) is 4.87. The van der Waals surface area contributed by atoms with Gasteiger partial charge in [0.2, 0.25) is 0 Å². The first-order valence-corrected chi connectivity index (χ1v) is 7.87. The van der Waals surface area contributed by atoms with Gasteiger partial charge >= 0.3 is 5.97 Å². The molecule has 0 aliphatic carbocycles. The molecule has 120 valence electrons. The number of nitro groups is 1. The number of ether oxygens (including phenoxy) is 1. The lowest BCUT2D eigenvalue weighted by molar-refractivity contribution is -0.384. The Labute approximate surface area is 141 Å². The molecule has 0 saturated heterocycles. The minimum absolute atomic E-state index is 0.00515. The number of carbonyl (C=O) groups is 1. The van der Waals surface area contributed by atoms with E-state index in [0.29, 0.717) is 5.56 Å². The minimum atomic E-state index is -0.493. The molecule has 0 aliphatic heterocycles. The van der Waals surface area contributed by atoms with Crippen LogP contribution in [0.5, 0.6) is 0 Å². The fourth-order valence-electron chi connectivity index (χ4n) is 2.03. The van der Waals surface area contributed by atoms with Crippen molar-refractivity contribution in [1.29, 1.82) is 0 Å². The highest BCUT2D eigenvalue weighted by Crippen LogP contribution is 2.22. The third-order valence-corrected chi connectivity index (χ3v) is 4.20. The summed E-state index contributed by atoms with van der Waals surface area (Å²) in [5.41, 5.74) is 1.57. The van der Waals surface area contributed by atoms with Gasteiger partial charge in [0.1, 0.15) is 11.6 Å². The van der Waals surface area contributed by atoms with Gasteiger partial charge in [-0.2, -0.15) is 0 Å². The number of non-ortho nitro benzene ring substituents is 1. The summed E-state index contributed by atoms with van der Waals surface area (Å²) in [6.45, 7) is 0.114. The highest BCUT2D eigenvalue weighted by atomic mass is 32.1. The van der Waals surface area contributed by atoms with Crippen molar-refractivity contribution in [3.63, 3.8) is 0 Å². The molecule has 1 aromatic heterocycles. The van der Waals surface area contributed by atoms with Crippen LogP contribution in [0.3, 0.4) is 0 Å². The Bertz CT molecular complexity index is 883. The Balaban J connectivity index is 1.57. The van der Waals surface area contributed by atoms with Gasteiger partial charge in [-0.15, -0.1) is 11.3 Å². The van der Waals surface area contributed by atoms with Crippen LogP contribution >= 0.6 is 11.3 Å². The fraction of sp³-hybridized carbons (Fsp3) is 0.0588. The number of esters is 1. The van der Waals surface area contributed by atoms with Crippen molar-refractivity contribution in [2.45, 2.75) is 6.61 Å². The molecular weight excluding hydrogens is 328 g/mol. The molecule has 0 atom stereocenters. The SMILES string of the molecule is O=C(C=Cc1ccc([N+](=O)[O-])cc1)OCc1nc2ccccc2s1. The maximum absolute atomic E-state index is 11.7. The number of hydrogen-bond donors (Lipinski definition) is 0. The summed E-state index contributed by atoms with van der Waals surface area (Å²) < 4.78 is 6.20. The summed E-state index contributed by atoms with van der Waals surface area (Å²) in [7, 11) is 0. The Hall–Kier alpha value is -3.06. The standard InChI is InChI=1S/C17H12N2O4S/c20-17(10-7-12-5-8-13(9-6-12)19(21)22)23-11-16-18-14-3-1-2-4-15(14)24-16/h1-10H,11H2. The lowest BCUT2D eigenvalue weighted by Gasteiger charge is -1.98. The molecular formula is C17H12N2O4S. The van der Waals surface area contributed by atoms with E-state index >= 15 is 0 Å². The first kappa shape index (κ1) is 15.8. The third kappa shape index (κ3) is 3.82. The van der Waals surface area contributed by atoms with E-state index in [9.17, 15) is 14.9 Å². The summed E-state index contributed by atoms with van der Waals surface area (Å²) >= 11 is 1.48. The molecule has 0 N–H and O–H groups in total. The van der Waals surface area contributed by atoms with Crippen LogP contribution in [0.1, 0.15) is 10.6 Å². The second kappa shape index (κ2) is 7.01. The van der Waals surface area contributed by atoms with E-state index in [4.69, 9.17) is 4.74 Å². The molecule has 0 spiro atoms. The Morgan fingerprint density at radius 1 is 1.21 bits per heavy atom. The zero-order chi connectivity index (χ0) is 16.9. The molecule has 6 nitrogen and oxygen atoms in total. The van der Waals surface area contributed by atoms with Crippen molar-refractivity contribution in [2.24, 2.45) is 0 Å². The number of para-hydroxylation sites is 1. The van der Waals surface area contributed by atoms with Gasteiger partial charge in [0.05, 0.1) is 15.1 Å². The number of hydrogen-bond acceptors (Lipinski definition) is 6. The number of aromatic nitrogens is 1. The summed E-state index contributed by atoms with van der Waals surface area (Å²) in [6.07, 6.45) is 2.83. The largest absolute Gasteiger partial charge is 0.455 e. The lowest BCUT2D eigenvalue weighted by Crippen LogP contribution is -2.00. The molecule has 0 amide bonds. The number of benzene rings is 2. The normalized spacial score (nSPS) is 11.0. The summed E-state index contributed by atoms with van der Waals surface area (Å²) in [5, 5.41) is 11.3. The molecule has 3 rings (SSSR count). The topological polar surface area (TPSA) is 82.3 Å². The van der Waals surface area contributed by atoms with Gasteiger partial charge in [0.15, 0.2) is 0 Å². The molecule has 2 aromatic carbocycles. The maximum Gasteiger partial charge on any atom is 0.331 e. The van der Waals surface area contributed by atoms with Crippen LogP contribution < -0.4 is 0 Å². The van der Waals surface area contributed by atoms with E-state index in [-0.39, 0.29) is 12.3 Å². The fourth-order valence-corrected chi connectivity index (χ4v) is 2.91. The van der Waals surface area contributed by atoms with Crippen LogP contribution in [-0.4, -0.2) is 15.9 Å². The van der Waals surface area contributed by atoms with Crippen molar-refractivity contribution in [3.8, 4) is 0 Å². The maximum atomic E-state index is 11.7. The first-order chi connectivity index (χ1) is 11.6. The zero-order valence-electron chi connectivity index (χ0n) is 12.4. The van der Waals surface area contributed by atoms with Gasteiger partial charge in [-0.3, -0.25) is 10.1 Å². The molecule has 24 heavy (non-hydrogen) atoms. The van der Waals surface area contributed by atoms with Crippen molar-refractivity contribution in [3.05, 3.63) is 75.3 Å². The lowest BCUT2D eigenvalue weighted by atomic mass is 10.2. The molecule has 3 aromatic rings. The molecule has 1 heterocycles. The van der Waals surface area contributed by atoms with Gasteiger partial charge < -0.3 is 4.74 Å². The van der Waals surface area contributed by atoms with E-state index in [1.54, 1.807) is 18.2 Å². The van der Waals surface area contributed by atoms with E-state index in [1.807, 2.05) is 24.3 Å². The van der Waals surface area contributed by atoms with Crippen LogP contribution in [0, 0.1) is 10.1 Å². The molecule has 0 fully saturated rings. The van der Waals surface area contributed by atoms with Crippen LogP contribution in [-0.2, 0) is 16.1 Å². The van der Waals surface area contributed by atoms with Crippen LogP contribution in [0.4, 0.5) is 5.69 Å². The molecule has 0 bridgehead atoms. The van der Waals surface area contributed by atoms with E-state index in [1.165, 1.54) is 29.5 Å². The van der Waals surface area contributed by atoms with Crippen LogP contribution in [0.2, 0.25) is 0 Å². The van der Waals surface area contributed by atoms with Crippen LogP contribution in [0.15, 0.2) is 54.6 Å². The molecule has 7 heteroatoms. The summed E-state index contributed by atoms with van der Waals surface area (Å²) in [4.78, 5) is 26.2. The first-order valence-electron chi connectivity index (χ1n) is 7.05. The monoisotopic (exact) mass is 340 g/mol. The summed E-state index contributed by atoms with van der Waals surface area (Å²) in [6, 6.07) is 13.6. The van der Waals surface area contributed by atoms with Gasteiger partial charge in [-0.05, 0) is 35.9 Å². The molecule has 0 radical (unpaired) electrons. The third-order valence-electron chi connectivity index (χ3n) is 3.19. The van der Waals surface area contributed by atoms with Gasteiger partial charge in [0.25, 0.3) is 5.69 Å². The molecule has 0 unspecified atom stereocenters. The molecule has 0 aliphatic rings. The number of nitrogens with zero attached hydrogens (tertiary/aromatic N) is 2. The number of fused-ring (bicyclic) bond motifs is 1. The van der Waals surface area contributed by atoms with Crippen molar-refractivity contribution < 1.29 is 14.5 Å². The van der Waals surface area contributed by atoms with E-state index in [0.717, 1.165) is 15.2 Å². The second-order valence-corrected chi connectivity index (χ2v) is 5.98. The smallest absolute Gasteiger partial charge is 0.331 e. The number of nitro benzene ring substituents is 1. The van der Waals surface area contributed by atoms with Crippen molar-refractivity contribution in [2.75, 3.05) is 0 Å².